The maximum Gasteiger partial charge on any atom is 0.0664 e. The van der Waals surface area contributed by atoms with E-state index in [-0.39, 0.29) is 0 Å². The first-order valence-electron chi connectivity index (χ1n) is 3.37. The molecule has 0 saturated heterocycles. The fourth-order valence-corrected chi connectivity index (χ4v) is 0.481. The van der Waals surface area contributed by atoms with Gasteiger partial charge in [-0.25, -0.2) is 0 Å². The van der Waals surface area contributed by atoms with Crippen LogP contribution in [0.3, 0.4) is 0 Å². The minimum atomic E-state index is 0.451. The van der Waals surface area contributed by atoms with Crippen LogP contribution in [-0.2, 0) is 0 Å². The van der Waals surface area contributed by atoms with E-state index >= 15 is 0 Å². The van der Waals surface area contributed by atoms with Crippen molar-refractivity contribution in [2.75, 3.05) is 0 Å². The summed E-state index contributed by atoms with van der Waals surface area (Å²) in [4.78, 5) is 4.07. The molecule has 0 unspecified atom stereocenters. The summed E-state index contributed by atoms with van der Waals surface area (Å²) >= 11 is 0. The Morgan fingerprint density at radius 1 is 1.70 bits per heavy atom. The fraction of sp³-hybridized carbons (Fsp3) is 0.500. The zero-order chi connectivity index (χ0) is 7.82. The molecule has 0 aliphatic heterocycles. The van der Waals surface area contributed by atoms with Gasteiger partial charge in [-0.2, -0.15) is 5.26 Å². The van der Waals surface area contributed by atoms with Crippen molar-refractivity contribution in [3.8, 4) is 6.07 Å². The molecule has 0 aromatic rings. The molecule has 54 valence electrons. The molecule has 0 atom stereocenters. The van der Waals surface area contributed by atoms with E-state index in [1.807, 2.05) is 32.2 Å². The first kappa shape index (κ1) is 8.90. The summed E-state index contributed by atoms with van der Waals surface area (Å²) < 4.78 is 0. The zero-order valence-electron chi connectivity index (χ0n) is 6.46. The molecule has 10 heavy (non-hydrogen) atoms. The first-order chi connectivity index (χ1) is 4.81. The van der Waals surface area contributed by atoms with Crippen LogP contribution in [0.2, 0.25) is 0 Å². The maximum absolute atomic E-state index is 8.19. The Morgan fingerprint density at radius 3 is 2.90 bits per heavy atom. The summed E-state index contributed by atoms with van der Waals surface area (Å²) in [5.41, 5.74) is 0.920. The molecule has 2 nitrogen and oxygen atoms in total. The van der Waals surface area contributed by atoms with Crippen LogP contribution in [0.15, 0.2) is 16.8 Å². The molecule has 0 heterocycles. The van der Waals surface area contributed by atoms with Crippen molar-refractivity contribution >= 4 is 6.21 Å². The monoisotopic (exact) mass is 136 g/mol. The van der Waals surface area contributed by atoms with Gasteiger partial charge >= 0.3 is 0 Å². The highest BCUT2D eigenvalue weighted by atomic mass is 14.7. The van der Waals surface area contributed by atoms with Gasteiger partial charge in [0, 0.05) is 11.9 Å². The lowest BCUT2D eigenvalue weighted by atomic mass is 10.3. The number of nitrogens with zero attached hydrogens (tertiary/aromatic N) is 2. The average molecular weight is 136 g/mol. The molecular formula is C8H12N2. The van der Waals surface area contributed by atoms with Crippen LogP contribution >= 0.6 is 0 Å². The van der Waals surface area contributed by atoms with Crippen LogP contribution in [0.4, 0.5) is 0 Å². The maximum atomic E-state index is 8.19. The van der Waals surface area contributed by atoms with Gasteiger partial charge in [-0.05, 0) is 19.4 Å². The predicted molar refractivity (Wildman–Crippen MR) is 42.8 cm³/mol. The molecule has 0 aromatic carbocycles. The molecule has 0 rings (SSSR count). The van der Waals surface area contributed by atoms with Crippen LogP contribution in [0, 0.1) is 11.3 Å². The van der Waals surface area contributed by atoms with Crippen LogP contribution in [-0.4, -0.2) is 6.21 Å². The molecule has 0 bridgehead atoms. The SMILES string of the molecule is CC/C=N\C(C)=C/CC#N. The van der Waals surface area contributed by atoms with Crippen LogP contribution < -0.4 is 0 Å². The highest BCUT2D eigenvalue weighted by Gasteiger charge is 1.79. The zero-order valence-corrected chi connectivity index (χ0v) is 6.46. The topological polar surface area (TPSA) is 36.1 Å². The molecule has 0 spiro atoms. The van der Waals surface area contributed by atoms with Gasteiger partial charge in [-0.15, -0.1) is 0 Å². The molecule has 0 radical (unpaired) electrons. The van der Waals surface area contributed by atoms with E-state index < -0.39 is 0 Å². The molecular weight excluding hydrogens is 124 g/mol. The second-order valence-corrected chi connectivity index (χ2v) is 1.93. The fourth-order valence-electron chi connectivity index (χ4n) is 0.481. The van der Waals surface area contributed by atoms with Gasteiger partial charge < -0.3 is 0 Å². The second kappa shape index (κ2) is 6.03. The summed E-state index contributed by atoms with van der Waals surface area (Å²) in [6.07, 6.45) is 5.04. The van der Waals surface area contributed by atoms with Gasteiger partial charge in [0.2, 0.25) is 0 Å². The first-order valence-corrected chi connectivity index (χ1v) is 3.37. The van der Waals surface area contributed by atoms with E-state index in [1.165, 1.54) is 0 Å². The largest absolute Gasteiger partial charge is 0.266 e. The molecule has 0 saturated carbocycles. The molecule has 0 aliphatic rings. The number of hydrogen-bond acceptors (Lipinski definition) is 2. The number of rotatable bonds is 3. The molecule has 0 amide bonds. The summed E-state index contributed by atoms with van der Waals surface area (Å²) in [5.74, 6) is 0. The molecule has 0 N–H and O–H groups in total. The quantitative estimate of drug-likeness (QED) is 0.548. The van der Waals surface area contributed by atoms with E-state index in [0.29, 0.717) is 6.42 Å². The molecule has 2 heteroatoms. The Kier molecular flexibility index (Phi) is 5.36. The average Bonchev–Trinajstić information content (AvgIpc) is 1.97. The van der Waals surface area contributed by atoms with E-state index in [9.17, 15) is 0 Å². The minimum absolute atomic E-state index is 0.451. The summed E-state index contributed by atoms with van der Waals surface area (Å²) in [6, 6.07) is 2.02. The Hall–Kier alpha value is -1.10. The Balaban J connectivity index is 3.72. The normalized spacial score (nSPS) is 11.9. The van der Waals surface area contributed by atoms with Crippen molar-refractivity contribution in [2.45, 2.75) is 26.7 Å². The third kappa shape index (κ3) is 5.04. The van der Waals surface area contributed by atoms with Crippen LogP contribution in [0.5, 0.6) is 0 Å². The van der Waals surface area contributed by atoms with Gasteiger partial charge in [0.05, 0.1) is 12.5 Å². The van der Waals surface area contributed by atoms with Gasteiger partial charge in [-0.3, -0.25) is 4.99 Å². The van der Waals surface area contributed by atoms with Crippen LogP contribution in [0.25, 0.3) is 0 Å². The van der Waals surface area contributed by atoms with Gasteiger partial charge in [0.25, 0.3) is 0 Å². The summed E-state index contributed by atoms with van der Waals surface area (Å²) in [6.45, 7) is 3.92. The lowest BCUT2D eigenvalue weighted by Gasteiger charge is -1.86. The van der Waals surface area contributed by atoms with Crippen molar-refractivity contribution in [1.82, 2.24) is 0 Å². The Labute approximate surface area is 61.9 Å². The number of aliphatic imine (C=N–C) groups is 1. The Bertz CT molecular complexity index is 172. The highest BCUT2D eigenvalue weighted by Crippen LogP contribution is 1.94. The van der Waals surface area contributed by atoms with E-state index in [2.05, 4.69) is 4.99 Å². The standard InChI is InChI=1S/C8H12N2/c1-3-7-10-8(2)5-4-6-9/h5,7H,3-4H2,1-2H3/b8-5-,10-7-. The summed E-state index contributed by atoms with van der Waals surface area (Å²) in [5, 5.41) is 8.19. The van der Waals surface area contributed by atoms with E-state index in [0.717, 1.165) is 12.1 Å². The van der Waals surface area contributed by atoms with Crippen molar-refractivity contribution in [3.63, 3.8) is 0 Å². The number of allylic oxidation sites excluding steroid dienone is 2. The lowest BCUT2D eigenvalue weighted by molar-refractivity contribution is 1.21. The van der Waals surface area contributed by atoms with Gasteiger partial charge in [0.15, 0.2) is 0 Å². The van der Waals surface area contributed by atoms with Crippen molar-refractivity contribution in [3.05, 3.63) is 11.8 Å². The number of hydrogen-bond donors (Lipinski definition) is 0. The third-order valence-electron chi connectivity index (χ3n) is 0.966. The summed E-state index contributed by atoms with van der Waals surface area (Å²) in [7, 11) is 0. The molecule has 0 aromatic heterocycles. The minimum Gasteiger partial charge on any atom is -0.266 e. The highest BCUT2D eigenvalue weighted by molar-refractivity contribution is 5.58. The second-order valence-electron chi connectivity index (χ2n) is 1.93. The molecule has 0 aliphatic carbocycles. The smallest absolute Gasteiger partial charge is 0.0664 e. The van der Waals surface area contributed by atoms with Gasteiger partial charge in [-0.1, -0.05) is 6.92 Å². The van der Waals surface area contributed by atoms with E-state index in [4.69, 9.17) is 5.26 Å². The molecule has 0 fully saturated rings. The van der Waals surface area contributed by atoms with Crippen molar-refractivity contribution in [2.24, 2.45) is 4.99 Å². The van der Waals surface area contributed by atoms with Crippen LogP contribution in [0.1, 0.15) is 26.7 Å². The predicted octanol–water partition coefficient (Wildman–Crippen LogP) is 2.28. The Morgan fingerprint density at radius 2 is 2.40 bits per heavy atom. The lowest BCUT2D eigenvalue weighted by Crippen LogP contribution is -1.72. The van der Waals surface area contributed by atoms with E-state index in [1.54, 1.807) is 0 Å². The van der Waals surface area contributed by atoms with Crippen molar-refractivity contribution in [1.29, 1.82) is 5.26 Å². The number of nitriles is 1. The third-order valence-corrected chi connectivity index (χ3v) is 0.966. The van der Waals surface area contributed by atoms with Crippen molar-refractivity contribution < 1.29 is 0 Å². The van der Waals surface area contributed by atoms with Gasteiger partial charge in [0.1, 0.15) is 0 Å².